The summed E-state index contributed by atoms with van der Waals surface area (Å²) in [5.41, 5.74) is 2.09. The summed E-state index contributed by atoms with van der Waals surface area (Å²) in [6.45, 7) is 21.0. The number of piperidine rings is 1. The maximum absolute atomic E-state index is 12.1. The van der Waals surface area contributed by atoms with E-state index in [1.165, 1.54) is 50.9 Å². The molecule has 0 radical (unpaired) electrons. The number of rotatable bonds is 13. The molecule has 1 fully saturated rings. The van der Waals surface area contributed by atoms with E-state index in [4.69, 9.17) is 4.74 Å². The first-order valence-corrected chi connectivity index (χ1v) is 13.6. The molecule has 0 N–H and O–H groups in total. The number of hydrogen-bond acceptors (Lipinski definition) is 3. The molecule has 196 valence electrons. The van der Waals surface area contributed by atoms with Crippen LogP contribution in [-0.2, 0) is 9.53 Å². The minimum atomic E-state index is 0.274. The maximum Gasteiger partial charge on any atom is 0.163 e. The number of Topliss-reactive ketones (excluding diaryl/α,β-unsaturated/α-hetero) is 1. The summed E-state index contributed by atoms with van der Waals surface area (Å²) in [5.74, 6) is 2.95. The molecule has 1 aliphatic heterocycles. The molecule has 1 aliphatic rings. The summed E-state index contributed by atoms with van der Waals surface area (Å²) >= 11 is 0. The van der Waals surface area contributed by atoms with E-state index in [1.54, 1.807) is 6.92 Å². The van der Waals surface area contributed by atoms with Gasteiger partial charge in [-0.2, -0.15) is 0 Å². The molecule has 34 heavy (non-hydrogen) atoms. The Kier molecular flexibility index (Phi) is 24.9. The summed E-state index contributed by atoms with van der Waals surface area (Å²) in [7, 11) is 0. The lowest BCUT2D eigenvalue weighted by Crippen LogP contribution is -2.37. The van der Waals surface area contributed by atoms with Gasteiger partial charge in [0.05, 0.1) is 6.10 Å². The standard InChI is InChI=1S/C16H26O.C12H25NO.C3H4/c1-6-9-10-11-14(7-2)15(8-3)16(17)12-13(4)5;1-3-5-8-13-9-6-12(7-10-13)14-11-4-2;1-3-2/h6,8-9,11,13H,7,10,12H2,1-5H3;12H,3-11H2,1-2H3;1H,2H3/b9-6-,14-11+,15-8+;;. The van der Waals surface area contributed by atoms with E-state index in [1.807, 2.05) is 26.0 Å². The van der Waals surface area contributed by atoms with Gasteiger partial charge in [-0.25, -0.2) is 0 Å². The lowest BCUT2D eigenvalue weighted by molar-refractivity contribution is -0.116. The first-order valence-electron chi connectivity index (χ1n) is 13.6. The number of carbonyl (C=O) groups is 1. The van der Waals surface area contributed by atoms with Crippen molar-refractivity contribution in [1.29, 1.82) is 0 Å². The highest BCUT2D eigenvalue weighted by molar-refractivity contribution is 5.99. The fourth-order valence-electron chi connectivity index (χ4n) is 3.76. The van der Waals surface area contributed by atoms with Crippen LogP contribution < -0.4 is 0 Å². The van der Waals surface area contributed by atoms with Gasteiger partial charge in [-0.15, -0.1) is 12.3 Å². The molecule has 1 rings (SSSR count). The fourth-order valence-corrected chi connectivity index (χ4v) is 3.76. The fraction of sp³-hybridized carbons (Fsp3) is 0.710. The van der Waals surface area contributed by atoms with Gasteiger partial charge >= 0.3 is 0 Å². The zero-order valence-corrected chi connectivity index (χ0v) is 23.8. The van der Waals surface area contributed by atoms with Gasteiger partial charge in [0.2, 0.25) is 0 Å². The molecular weight excluding hydrogens is 418 g/mol. The molecule has 1 heterocycles. The lowest BCUT2D eigenvalue weighted by atomic mass is 9.93. The molecule has 0 unspecified atom stereocenters. The largest absolute Gasteiger partial charge is 0.378 e. The van der Waals surface area contributed by atoms with Crippen molar-refractivity contribution in [2.45, 2.75) is 113 Å². The van der Waals surface area contributed by atoms with E-state index >= 15 is 0 Å². The molecule has 0 aromatic heterocycles. The Hall–Kier alpha value is -1.63. The van der Waals surface area contributed by atoms with Gasteiger partial charge in [-0.05, 0) is 77.3 Å². The molecule has 0 bridgehead atoms. The third-order valence-electron chi connectivity index (χ3n) is 5.57. The predicted octanol–water partition coefficient (Wildman–Crippen LogP) is 8.17. The number of allylic oxidation sites excluding steroid dienone is 6. The van der Waals surface area contributed by atoms with Crippen LogP contribution in [0, 0.1) is 18.3 Å². The van der Waals surface area contributed by atoms with Gasteiger partial charge in [0, 0.05) is 31.7 Å². The quantitative estimate of drug-likeness (QED) is 0.117. The van der Waals surface area contributed by atoms with Gasteiger partial charge in [-0.3, -0.25) is 4.79 Å². The van der Waals surface area contributed by atoms with Crippen LogP contribution in [0.2, 0.25) is 0 Å². The average Bonchev–Trinajstić information content (AvgIpc) is 2.82. The zero-order valence-electron chi connectivity index (χ0n) is 23.8. The molecule has 0 atom stereocenters. The number of nitrogens with zero attached hydrogens (tertiary/aromatic N) is 1. The van der Waals surface area contributed by atoms with E-state index in [-0.39, 0.29) is 5.78 Å². The van der Waals surface area contributed by atoms with Crippen LogP contribution in [0.15, 0.2) is 35.5 Å². The van der Waals surface area contributed by atoms with Crippen LogP contribution in [0.4, 0.5) is 0 Å². The summed E-state index contributed by atoms with van der Waals surface area (Å²) in [6, 6.07) is 0. The summed E-state index contributed by atoms with van der Waals surface area (Å²) in [4.78, 5) is 14.7. The average molecular weight is 474 g/mol. The first-order chi connectivity index (χ1) is 16.3. The van der Waals surface area contributed by atoms with Crippen LogP contribution in [0.5, 0.6) is 0 Å². The summed E-state index contributed by atoms with van der Waals surface area (Å²) in [6.07, 6.45) is 22.2. The SMILES string of the molecule is C#CC.C/C=C\C/C=C(CC)/C(=C\C)C(=O)CC(C)C.CCCCN1CCC(OCCC)CC1. The molecule has 3 nitrogen and oxygen atoms in total. The number of likely N-dealkylation sites (tertiary alicyclic amines) is 1. The number of terminal acetylenes is 1. The van der Waals surface area contributed by atoms with Crippen LogP contribution in [0.3, 0.4) is 0 Å². The van der Waals surface area contributed by atoms with Gasteiger partial charge in [0.25, 0.3) is 0 Å². The highest BCUT2D eigenvalue weighted by atomic mass is 16.5. The third kappa shape index (κ3) is 18.8. The molecule has 0 aromatic rings. The van der Waals surface area contributed by atoms with Crippen molar-refractivity contribution in [3.63, 3.8) is 0 Å². The Morgan fingerprint density at radius 2 is 1.76 bits per heavy atom. The second kappa shape index (κ2) is 24.5. The van der Waals surface area contributed by atoms with Crippen molar-refractivity contribution in [2.24, 2.45) is 5.92 Å². The maximum atomic E-state index is 12.1. The van der Waals surface area contributed by atoms with Crippen LogP contribution in [0.25, 0.3) is 0 Å². The predicted molar refractivity (Wildman–Crippen MR) is 151 cm³/mol. The van der Waals surface area contributed by atoms with Crippen molar-refractivity contribution < 1.29 is 9.53 Å². The van der Waals surface area contributed by atoms with E-state index < -0.39 is 0 Å². The van der Waals surface area contributed by atoms with Crippen molar-refractivity contribution in [1.82, 2.24) is 4.90 Å². The molecule has 1 saturated heterocycles. The molecule has 0 aliphatic carbocycles. The minimum Gasteiger partial charge on any atom is -0.378 e. The van der Waals surface area contributed by atoms with Crippen molar-refractivity contribution >= 4 is 5.78 Å². The lowest BCUT2D eigenvalue weighted by Gasteiger charge is -2.31. The van der Waals surface area contributed by atoms with Gasteiger partial charge < -0.3 is 9.64 Å². The zero-order chi connectivity index (χ0) is 26.2. The van der Waals surface area contributed by atoms with Gasteiger partial charge in [0.15, 0.2) is 5.78 Å². The molecule has 0 aromatic carbocycles. The van der Waals surface area contributed by atoms with Crippen molar-refractivity contribution in [3.8, 4) is 12.3 Å². The molecule has 0 saturated carbocycles. The number of carbonyl (C=O) groups excluding carboxylic acids is 1. The van der Waals surface area contributed by atoms with E-state index in [9.17, 15) is 4.79 Å². The number of ether oxygens (including phenoxy) is 1. The highest BCUT2D eigenvalue weighted by Crippen LogP contribution is 2.19. The van der Waals surface area contributed by atoms with Gasteiger partial charge in [-0.1, -0.05) is 65.3 Å². The molecule has 0 amide bonds. The Labute approximate surface area is 213 Å². The smallest absolute Gasteiger partial charge is 0.163 e. The summed E-state index contributed by atoms with van der Waals surface area (Å²) < 4.78 is 5.76. The Morgan fingerprint density at radius 1 is 1.15 bits per heavy atom. The Balaban J connectivity index is 0. The number of ketones is 1. The molecule has 3 heteroatoms. The van der Waals surface area contributed by atoms with Crippen LogP contribution >= 0.6 is 0 Å². The van der Waals surface area contributed by atoms with Crippen LogP contribution in [0.1, 0.15) is 107 Å². The van der Waals surface area contributed by atoms with E-state index in [0.29, 0.717) is 18.4 Å². The monoisotopic (exact) mass is 473 g/mol. The van der Waals surface area contributed by atoms with Crippen molar-refractivity contribution in [2.75, 3.05) is 26.2 Å². The Morgan fingerprint density at radius 3 is 2.21 bits per heavy atom. The highest BCUT2D eigenvalue weighted by Gasteiger charge is 2.18. The minimum absolute atomic E-state index is 0.274. The second-order valence-corrected chi connectivity index (χ2v) is 9.17. The summed E-state index contributed by atoms with van der Waals surface area (Å²) in [5, 5.41) is 0. The van der Waals surface area contributed by atoms with E-state index in [2.05, 4.69) is 64.0 Å². The molecular formula is C31H55NO2. The number of hydrogen-bond donors (Lipinski definition) is 0. The topological polar surface area (TPSA) is 29.5 Å². The molecule has 0 spiro atoms. The van der Waals surface area contributed by atoms with Gasteiger partial charge in [0.1, 0.15) is 0 Å². The van der Waals surface area contributed by atoms with E-state index in [0.717, 1.165) is 31.4 Å². The second-order valence-electron chi connectivity index (χ2n) is 9.17. The Bertz CT molecular complexity index is 598. The normalized spacial score (nSPS) is 15.4. The number of unbranched alkanes of at least 4 members (excludes halogenated alkanes) is 1. The third-order valence-corrected chi connectivity index (χ3v) is 5.57. The van der Waals surface area contributed by atoms with Crippen molar-refractivity contribution in [3.05, 3.63) is 35.5 Å². The first kappa shape index (κ1) is 34.5. The van der Waals surface area contributed by atoms with Crippen LogP contribution in [-0.4, -0.2) is 43.0 Å².